The highest BCUT2D eigenvalue weighted by atomic mass is 14.4. The van der Waals surface area contributed by atoms with Crippen LogP contribution in [-0.4, -0.2) is 0 Å². The molecule has 1 aliphatic carbocycles. The zero-order chi connectivity index (χ0) is 9.41. The minimum atomic E-state index is 0.533. The molecule has 0 bridgehead atoms. The quantitative estimate of drug-likeness (QED) is 0.549. The molecular weight excluding hydrogens is 144 g/mol. The molecule has 1 aliphatic rings. The molecule has 0 amide bonds. The van der Waals surface area contributed by atoms with E-state index in [1.165, 1.54) is 25.7 Å². The van der Waals surface area contributed by atoms with Crippen LogP contribution >= 0.6 is 0 Å². The van der Waals surface area contributed by atoms with Gasteiger partial charge in [-0.25, -0.2) is 0 Å². The first-order valence-electron chi connectivity index (χ1n) is 5.29. The van der Waals surface area contributed by atoms with Crippen molar-refractivity contribution in [1.29, 1.82) is 0 Å². The van der Waals surface area contributed by atoms with Gasteiger partial charge in [-0.2, -0.15) is 0 Å². The van der Waals surface area contributed by atoms with Crippen LogP contribution in [0, 0.1) is 16.7 Å². The van der Waals surface area contributed by atoms with Crippen molar-refractivity contribution in [1.82, 2.24) is 0 Å². The van der Waals surface area contributed by atoms with Crippen LogP contribution in [0.3, 0.4) is 0 Å². The second-order valence-electron chi connectivity index (χ2n) is 6.54. The molecule has 0 aromatic rings. The van der Waals surface area contributed by atoms with Crippen molar-refractivity contribution in [2.24, 2.45) is 16.7 Å². The fourth-order valence-corrected chi connectivity index (χ4v) is 2.62. The topological polar surface area (TPSA) is 0 Å². The van der Waals surface area contributed by atoms with E-state index in [0.717, 1.165) is 5.92 Å². The van der Waals surface area contributed by atoms with Crippen LogP contribution in [0.1, 0.15) is 60.3 Å². The van der Waals surface area contributed by atoms with Gasteiger partial charge in [0.05, 0.1) is 0 Å². The summed E-state index contributed by atoms with van der Waals surface area (Å²) in [5.74, 6) is 1.000. The minimum absolute atomic E-state index is 0.533. The molecule has 0 aromatic heterocycles. The minimum Gasteiger partial charge on any atom is -0.0602 e. The van der Waals surface area contributed by atoms with E-state index in [0.29, 0.717) is 10.8 Å². The van der Waals surface area contributed by atoms with Gasteiger partial charge in [0.2, 0.25) is 0 Å². The van der Waals surface area contributed by atoms with E-state index in [-0.39, 0.29) is 0 Å². The van der Waals surface area contributed by atoms with Gasteiger partial charge in [-0.05, 0) is 42.4 Å². The second-order valence-corrected chi connectivity index (χ2v) is 6.54. The molecule has 0 radical (unpaired) electrons. The third kappa shape index (κ3) is 3.16. The van der Waals surface area contributed by atoms with Crippen molar-refractivity contribution in [2.45, 2.75) is 60.3 Å². The van der Waals surface area contributed by atoms with E-state index < -0.39 is 0 Å². The molecule has 1 saturated carbocycles. The van der Waals surface area contributed by atoms with Gasteiger partial charge in [-0.1, -0.05) is 34.6 Å². The summed E-state index contributed by atoms with van der Waals surface area (Å²) in [5.41, 5.74) is 1.17. The summed E-state index contributed by atoms with van der Waals surface area (Å²) in [4.78, 5) is 0. The fourth-order valence-electron chi connectivity index (χ4n) is 2.62. The predicted octanol–water partition coefficient (Wildman–Crippen LogP) is 4.25. The van der Waals surface area contributed by atoms with E-state index in [2.05, 4.69) is 34.6 Å². The molecule has 12 heavy (non-hydrogen) atoms. The normalized spacial score (nSPS) is 29.2. The summed E-state index contributed by atoms with van der Waals surface area (Å²) < 4.78 is 0. The van der Waals surface area contributed by atoms with Crippen LogP contribution in [0.4, 0.5) is 0 Å². The van der Waals surface area contributed by atoms with Gasteiger partial charge in [0.1, 0.15) is 0 Å². The Morgan fingerprint density at radius 1 is 1.25 bits per heavy atom. The first-order chi connectivity index (χ1) is 5.29. The molecule has 0 nitrogen and oxygen atoms in total. The van der Waals surface area contributed by atoms with Crippen LogP contribution in [0.5, 0.6) is 0 Å². The van der Waals surface area contributed by atoms with Crippen LogP contribution < -0.4 is 0 Å². The van der Waals surface area contributed by atoms with Crippen molar-refractivity contribution >= 4 is 0 Å². The maximum absolute atomic E-state index is 2.41. The Hall–Kier alpha value is 0. The third-order valence-corrected chi connectivity index (χ3v) is 2.97. The SMILES string of the molecule is CC(C)(C)CC1CCC(C)(C)C1. The van der Waals surface area contributed by atoms with E-state index in [1.807, 2.05) is 0 Å². The fraction of sp³-hybridized carbons (Fsp3) is 1.00. The molecule has 0 heterocycles. The molecule has 72 valence electrons. The van der Waals surface area contributed by atoms with Gasteiger partial charge in [-0.3, -0.25) is 0 Å². The molecule has 1 fully saturated rings. The van der Waals surface area contributed by atoms with Crippen molar-refractivity contribution in [2.75, 3.05) is 0 Å². The van der Waals surface area contributed by atoms with E-state index in [4.69, 9.17) is 0 Å². The molecule has 0 aliphatic heterocycles. The largest absolute Gasteiger partial charge is 0.0602 e. The Bertz CT molecular complexity index is 148. The zero-order valence-electron chi connectivity index (χ0n) is 9.41. The highest BCUT2D eigenvalue weighted by molar-refractivity contribution is 4.84. The summed E-state index contributed by atoms with van der Waals surface area (Å²) in [6.45, 7) is 11.9. The maximum atomic E-state index is 2.41. The monoisotopic (exact) mass is 168 g/mol. The Morgan fingerprint density at radius 3 is 2.17 bits per heavy atom. The molecule has 1 rings (SSSR count). The molecule has 0 spiro atoms. The molecule has 1 atom stereocenters. The lowest BCUT2D eigenvalue weighted by molar-refractivity contribution is 0.275. The summed E-state index contributed by atoms with van der Waals surface area (Å²) in [5, 5.41) is 0. The average Bonchev–Trinajstić information content (AvgIpc) is 2.05. The van der Waals surface area contributed by atoms with E-state index >= 15 is 0 Å². The second kappa shape index (κ2) is 3.05. The van der Waals surface area contributed by atoms with Gasteiger partial charge < -0.3 is 0 Å². The summed E-state index contributed by atoms with van der Waals surface area (Å²) in [6, 6.07) is 0. The first kappa shape index (κ1) is 10.1. The highest BCUT2D eigenvalue weighted by Crippen LogP contribution is 2.45. The van der Waals surface area contributed by atoms with E-state index in [1.54, 1.807) is 0 Å². The van der Waals surface area contributed by atoms with Gasteiger partial charge in [0.25, 0.3) is 0 Å². The first-order valence-corrected chi connectivity index (χ1v) is 5.29. The van der Waals surface area contributed by atoms with Gasteiger partial charge in [0, 0.05) is 0 Å². The van der Waals surface area contributed by atoms with Crippen molar-refractivity contribution in [3.05, 3.63) is 0 Å². The van der Waals surface area contributed by atoms with Crippen LogP contribution in [-0.2, 0) is 0 Å². The Balaban J connectivity index is 2.39. The molecule has 0 aromatic carbocycles. The molecule has 0 saturated heterocycles. The smallest absolute Gasteiger partial charge is 0.0351 e. The molecule has 1 unspecified atom stereocenters. The Kier molecular flexibility index (Phi) is 2.56. The van der Waals surface area contributed by atoms with E-state index in [9.17, 15) is 0 Å². The van der Waals surface area contributed by atoms with Crippen molar-refractivity contribution in [3.63, 3.8) is 0 Å². The number of hydrogen-bond acceptors (Lipinski definition) is 0. The predicted molar refractivity (Wildman–Crippen MR) is 55.2 cm³/mol. The summed E-state index contributed by atoms with van der Waals surface area (Å²) in [7, 11) is 0. The van der Waals surface area contributed by atoms with Crippen LogP contribution in [0.15, 0.2) is 0 Å². The summed E-state index contributed by atoms with van der Waals surface area (Å²) in [6.07, 6.45) is 5.76. The maximum Gasteiger partial charge on any atom is -0.0351 e. The zero-order valence-corrected chi connectivity index (χ0v) is 9.41. The molecule has 0 heteroatoms. The lowest BCUT2D eigenvalue weighted by Crippen LogP contribution is -2.12. The highest BCUT2D eigenvalue weighted by Gasteiger charge is 2.32. The number of hydrogen-bond donors (Lipinski definition) is 0. The lowest BCUT2D eigenvalue weighted by atomic mass is 9.82. The van der Waals surface area contributed by atoms with Gasteiger partial charge in [-0.15, -0.1) is 0 Å². The van der Waals surface area contributed by atoms with Crippen molar-refractivity contribution < 1.29 is 0 Å². The van der Waals surface area contributed by atoms with Crippen LogP contribution in [0.2, 0.25) is 0 Å². The standard InChI is InChI=1S/C12H24/c1-11(2,3)8-10-6-7-12(4,5)9-10/h10H,6-9H2,1-5H3. The van der Waals surface area contributed by atoms with Crippen molar-refractivity contribution in [3.8, 4) is 0 Å². The Morgan fingerprint density at radius 2 is 1.83 bits per heavy atom. The molecular formula is C12H24. The lowest BCUT2D eigenvalue weighted by Gasteiger charge is -2.24. The van der Waals surface area contributed by atoms with Crippen LogP contribution in [0.25, 0.3) is 0 Å². The molecule has 0 N–H and O–H groups in total. The van der Waals surface area contributed by atoms with Gasteiger partial charge >= 0.3 is 0 Å². The average molecular weight is 168 g/mol. The number of rotatable bonds is 1. The third-order valence-electron chi connectivity index (χ3n) is 2.97. The van der Waals surface area contributed by atoms with Gasteiger partial charge in [0.15, 0.2) is 0 Å². The Labute approximate surface area is 77.7 Å². The summed E-state index contributed by atoms with van der Waals surface area (Å²) >= 11 is 0.